The van der Waals surface area contributed by atoms with Gasteiger partial charge in [0.2, 0.25) is 26.0 Å². The molecular weight excluding hydrogens is 380 g/mol. The molecule has 148 valence electrons. The molecule has 1 rings (SSSR count). The Labute approximate surface area is 155 Å². The summed E-state index contributed by atoms with van der Waals surface area (Å²) in [6.45, 7) is 3.18. The number of benzene rings is 1. The molecule has 11 heteroatoms. The van der Waals surface area contributed by atoms with Crippen LogP contribution in [-0.4, -0.2) is 61.7 Å². The van der Waals surface area contributed by atoms with Crippen molar-refractivity contribution in [1.82, 2.24) is 15.2 Å². The van der Waals surface area contributed by atoms with Gasteiger partial charge < -0.3 is 0 Å². The Morgan fingerprint density at radius 1 is 1.08 bits per heavy atom. The molecule has 0 atom stereocenters. The molecule has 1 amide bonds. The van der Waals surface area contributed by atoms with Crippen LogP contribution in [0, 0.1) is 13.8 Å². The minimum absolute atomic E-state index is 0.0263. The highest BCUT2D eigenvalue weighted by atomic mass is 32.2. The Hall–Kier alpha value is -1.69. The van der Waals surface area contributed by atoms with Crippen molar-refractivity contribution in [3.63, 3.8) is 0 Å². The van der Waals surface area contributed by atoms with E-state index < -0.39 is 20.0 Å². The van der Waals surface area contributed by atoms with Crippen molar-refractivity contribution < 1.29 is 21.6 Å². The summed E-state index contributed by atoms with van der Waals surface area (Å²) >= 11 is 0. The molecule has 0 aromatic heterocycles. The molecule has 0 aliphatic heterocycles. The van der Waals surface area contributed by atoms with E-state index in [4.69, 9.17) is 0 Å². The lowest BCUT2D eigenvalue weighted by Gasteiger charge is -2.23. The number of carbonyl (C=O) groups excluding carboxylic acids is 1. The largest absolute Gasteiger partial charge is 0.289 e. The number of hydrazine groups is 1. The number of aryl methyl sites for hydroxylation is 1. The van der Waals surface area contributed by atoms with Crippen LogP contribution >= 0.6 is 0 Å². The first-order chi connectivity index (χ1) is 11.8. The highest BCUT2D eigenvalue weighted by Crippen LogP contribution is 2.30. The first-order valence-corrected chi connectivity index (χ1v) is 11.1. The molecule has 0 aliphatic carbocycles. The molecular formula is C15H26N4O5S2. The van der Waals surface area contributed by atoms with Gasteiger partial charge in [0.15, 0.2) is 0 Å². The molecule has 0 radical (unpaired) electrons. The first-order valence-electron chi connectivity index (χ1n) is 7.78. The average Bonchev–Trinajstić information content (AvgIpc) is 2.44. The van der Waals surface area contributed by atoms with Gasteiger partial charge in [0.1, 0.15) is 0 Å². The fourth-order valence-electron chi connectivity index (χ4n) is 2.44. The van der Waals surface area contributed by atoms with Gasteiger partial charge >= 0.3 is 0 Å². The third kappa shape index (κ3) is 5.66. The van der Waals surface area contributed by atoms with Crippen molar-refractivity contribution in [2.45, 2.75) is 25.2 Å². The summed E-state index contributed by atoms with van der Waals surface area (Å²) in [7, 11) is -2.77. The highest BCUT2D eigenvalue weighted by molar-refractivity contribution is 7.92. The third-order valence-electron chi connectivity index (χ3n) is 3.68. The zero-order valence-corrected chi connectivity index (χ0v) is 17.5. The second-order valence-corrected chi connectivity index (χ2v) is 9.91. The molecule has 26 heavy (non-hydrogen) atoms. The SMILES string of the molecule is Cc1ccc(S(=O)(=O)NCCC(=O)NN(C)C)c(C)c1N(C)S(C)(=O)=O. The van der Waals surface area contributed by atoms with Crippen LogP contribution in [-0.2, 0) is 24.8 Å². The lowest BCUT2D eigenvalue weighted by Crippen LogP contribution is -2.38. The second-order valence-electron chi connectivity index (χ2n) is 6.16. The van der Waals surface area contributed by atoms with Crippen LogP contribution in [0.1, 0.15) is 17.5 Å². The average molecular weight is 407 g/mol. The standard InChI is InChI=1S/C15H26N4O5S2/c1-11-7-8-13(12(2)15(11)19(5)25(6,21)22)26(23,24)16-10-9-14(20)17-18(3)4/h7-8,16H,9-10H2,1-6H3,(H,17,20). The third-order valence-corrected chi connectivity index (χ3v) is 6.46. The molecule has 1 aromatic carbocycles. The summed E-state index contributed by atoms with van der Waals surface area (Å²) in [6.07, 6.45) is 1.02. The van der Waals surface area contributed by atoms with Crippen LogP contribution in [0.5, 0.6) is 0 Å². The quantitative estimate of drug-likeness (QED) is 0.585. The monoisotopic (exact) mass is 406 g/mol. The van der Waals surface area contributed by atoms with Crippen molar-refractivity contribution in [2.75, 3.05) is 38.2 Å². The maximum Gasteiger partial charge on any atom is 0.240 e. The van der Waals surface area contributed by atoms with Gasteiger partial charge in [-0.15, -0.1) is 0 Å². The maximum absolute atomic E-state index is 12.6. The van der Waals surface area contributed by atoms with Crippen LogP contribution < -0.4 is 14.5 Å². The van der Waals surface area contributed by atoms with Crippen molar-refractivity contribution in [2.24, 2.45) is 0 Å². The molecule has 0 fully saturated rings. The zero-order valence-electron chi connectivity index (χ0n) is 15.8. The number of nitrogens with zero attached hydrogens (tertiary/aromatic N) is 2. The summed E-state index contributed by atoms with van der Waals surface area (Å²) in [5.74, 6) is -0.323. The van der Waals surface area contributed by atoms with Crippen molar-refractivity contribution in [1.29, 1.82) is 0 Å². The van der Waals surface area contributed by atoms with Crippen LogP contribution in [0.4, 0.5) is 5.69 Å². The topological polar surface area (TPSA) is 116 Å². The van der Waals surface area contributed by atoms with Gasteiger partial charge in [-0.3, -0.25) is 14.5 Å². The molecule has 0 spiro atoms. The van der Waals surface area contributed by atoms with E-state index in [-0.39, 0.29) is 23.8 Å². The number of rotatable bonds is 8. The molecule has 1 aromatic rings. The van der Waals surface area contributed by atoms with Crippen molar-refractivity contribution in [3.05, 3.63) is 23.3 Å². The van der Waals surface area contributed by atoms with Crippen molar-refractivity contribution in [3.8, 4) is 0 Å². The van der Waals surface area contributed by atoms with E-state index in [1.807, 2.05) is 0 Å². The fourth-order valence-corrected chi connectivity index (χ4v) is 4.33. The number of amides is 1. The molecule has 0 saturated carbocycles. The molecule has 0 saturated heterocycles. The Kier molecular flexibility index (Phi) is 7.17. The Morgan fingerprint density at radius 2 is 1.65 bits per heavy atom. The predicted octanol–water partition coefficient (Wildman–Crippen LogP) is -0.0396. The van der Waals surface area contributed by atoms with Crippen molar-refractivity contribution >= 4 is 31.6 Å². The fraction of sp³-hybridized carbons (Fsp3) is 0.533. The van der Waals surface area contributed by atoms with E-state index in [1.54, 1.807) is 34.0 Å². The van der Waals surface area contributed by atoms with E-state index in [9.17, 15) is 21.6 Å². The molecule has 0 heterocycles. The number of carbonyl (C=O) groups is 1. The Morgan fingerprint density at radius 3 is 2.15 bits per heavy atom. The van der Waals surface area contributed by atoms with Gasteiger partial charge in [-0.1, -0.05) is 6.07 Å². The Bertz CT molecular complexity index is 880. The molecule has 9 nitrogen and oxygen atoms in total. The van der Waals surface area contributed by atoms with Gasteiger partial charge in [-0.05, 0) is 31.0 Å². The summed E-state index contributed by atoms with van der Waals surface area (Å²) in [6, 6.07) is 2.98. The Balaban J connectivity index is 3.09. The summed E-state index contributed by atoms with van der Waals surface area (Å²) < 4.78 is 52.3. The highest BCUT2D eigenvalue weighted by Gasteiger charge is 2.24. The van der Waals surface area contributed by atoms with Crippen LogP contribution in [0.15, 0.2) is 17.0 Å². The lowest BCUT2D eigenvalue weighted by atomic mass is 10.1. The number of anilines is 1. The number of nitrogens with one attached hydrogen (secondary N) is 2. The van der Waals surface area contributed by atoms with E-state index in [0.29, 0.717) is 16.8 Å². The number of sulfonamides is 2. The van der Waals surface area contributed by atoms with E-state index >= 15 is 0 Å². The minimum Gasteiger partial charge on any atom is -0.289 e. The summed E-state index contributed by atoms with van der Waals surface area (Å²) in [4.78, 5) is 11.6. The molecule has 2 N–H and O–H groups in total. The van der Waals surface area contributed by atoms with E-state index in [2.05, 4.69) is 10.1 Å². The number of hydrogen-bond acceptors (Lipinski definition) is 6. The molecule has 0 unspecified atom stereocenters. The van der Waals surface area contributed by atoms with Gasteiger partial charge in [0.05, 0.1) is 16.8 Å². The smallest absolute Gasteiger partial charge is 0.240 e. The predicted molar refractivity (Wildman–Crippen MR) is 101 cm³/mol. The van der Waals surface area contributed by atoms with Crippen LogP contribution in [0.2, 0.25) is 0 Å². The van der Waals surface area contributed by atoms with Gasteiger partial charge in [-0.25, -0.2) is 26.6 Å². The van der Waals surface area contributed by atoms with E-state index in [0.717, 1.165) is 10.6 Å². The molecule has 0 aliphatic rings. The normalized spacial score (nSPS) is 12.3. The lowest BCUT2D eigenvalue weighted by molar-refractivity contribution is -0.124. The van der Waals surface area contributed by atoms with Gasteiger partial charge in [0.25, 0.3) is 0 Å². The molecule has 0 bridgehead atoms. The first kappa shape index (κ1) is 22.4. The number of hydrogen-bond donors (Lipinski definition) is 2. The summed E-state index contributed by atoms with van der Waals surface area (Å²) in [5.41, 5.74) is 3.80. The minimum atomic E-state index is -3.90. The van der Waals surface area contributed by atoms with Gasteiger partial charge in [0, 0.05) is 34.1 Å². The van der Waals surface area contributed by atoms with Gasteiger partial charge in [-0.2, -0.15) is 0 Å². The maximum atomic E-state index is 12.6. The van der Waals surface area contributed by atoms with E-state index in [1.165, 1.54) is 18.1 Å². The van der Waals surface area contributed by atoms with Crippen LogP contribution in [0.3, 0.4) is 0 Å². The zero-order chi connectivity index (χ0) is 20.3. The van der Waals surface area contributed by atoms with Crippen LogP contribution in [0.25, 0.3) is 0 Å². The second kappa shape index (κ2) is 8.33. The summed E-state index contributed by atoms with van der Waals surface area (Å²) in [5, 5.41) is 1.47.